The van der Waals surface area contributed by atoms with Gasteiger partial charge in [0, 0.05) is 10.9 Å². The summed E-state index contributed by atoms with van der Waals surface area (Å²) in [6.45, 7) is 0. The average molecular weight is 248 g/mol. The Kier molecular flexibility index (Phi) is 2.42. The molecular formula is C10H5ClF3NO. The smallest absolute Gasteiger partial charge is 0.350 e. The van der Waals surface area contributed by atoms with E-state index in [1.165, 1.54) is 18.2 Å². The first-order valence-electron chi connectivity index (χ1n) is 4.29. The Labute approximate surface area is 92.7 Å². The standard InChI is InChI=1S/C10H5ClF3NO/c11-7-8(16)5-3-1-2-4-6(5)15-9(7)10(12,13)14/h1-4H,(H,15,16). The lowest BCUT2D eigenvalue weighted by Crippen LogP contribution is -2.16. The summed E-state index contributed by atoms with van der Waals surface area (Å²) in [6.07, 6.45) is -4.67. The van der Waals surface area contributed by atoms with Crippen LogP contribution in [0.1, 0.15) is 5.69 Å². The number of benzene rings is 1. The summed E-state index contributed by atoms with van der Waals surface area (Å²) in [6, 6.07) is 5.90. The van der Waals surface area contributed by atoms with E-state index in [1.807, 2.05) is 0 Å². The fraction of sp³-hybridized carbons (Fsp3) is 0.100. The van der Waals surface area contributed by atoms with Crippen LogP contribution in [0.4, 0.5) is 13.2 Å². The van der Waals surface area contributed by atoms with Gasteiger partial charge in [-0.2, -0.15) is 13.2 Å². The van der Waals surface area contributed by atoms with Gasteiger partial charge in [0.1, 0.15) is 10.7 Å². The maximum Gasteiger partial charge on any atom is 0.432 e. The first-order valence-corrected chi connectivity index (χ1v) is 4.67. The van der Waals surface area contributed by atoms with Crippen molar-refractivity contribution in [3.05, 3.63) is 45.2 Å². The largest absolute Gasteiger partial charge is 0.432 e. The highest BCUT2D eigenvalue weighted by molar-refractivity contribution is 6.31. The van der Waals surface area contributed by atoms with Crippen LogP contribution in [-0.2, 0) is 6.18 Å². The molecule has 0 atom stereocenters. The SMILES string of the molecule is O=c1c(Cl)c(C(F)(F)F)[nH]c2ccccc12. The number of aromatic nitrogens is 1. The summed E-state index contributed by atoms with van der Waals surface area (Å²) in [5.41, 5.74) is -1.91. The van der Waals surface area contributed by atoms with E-state index in [4.69, 9.17) is 11.6 Å². The van der Waals surface area contributed by atoms with Crippen LogP contribution >= 0.6 is 11.6 Å². The number of rotatable bonds is 0. The van der Waals surface area contributed by atoms with Crippen LogP contribution in [-0.4, -0.2) is 4.98 Å². The van der Waals surface area contributed by atoms with Crippen molar-refractivity contribution in [3.63, 3.8) is 0 Å². The van der Waals surface area contributed by atoms with Gasteiger partial charge in [-0.25, -0.2) is 0 Å². The van der Waals surface area contributed by atoms with E-state index in [-0.39, 0.29) is 10.9 Å². The zero-order valence-electron chi connectivity index (χ0n) is 7.73. The van der Waals surface area contributed by atoms with E-state index < -0.39 is 22.3 Å². The van der Waals surface area contributed by atoms with Gasteiger partial charge in [0.05, 0.1) is 0 Å². The van der Waals surface area contributed by atoms with E-state index in [2.05, 4.69) is 4.98 Å². The molecule has 1 heterocycles. The molecule has 0 unspecified atom stereocenters. The summed E-state index contributed by atoms with van der Waals surface area (Å²) < 4.78 is 37.5. The number of nitrogens with one attached hydrogen (secondary N) is 1. The third kappa shape index (κ3) is 1.67. The third-order valence-corrected chi connectivity index (χ3v) is 2.49. The minimum Gasteiger partial charge on any atom is -0.350 e. The van der Waals surface area contributed by atoms with E-state index in [9.17, 15) is 18.0 Å². The Bertz CT molecular complexity index is 603. The number of halogens is 4. The predicted molar refractivity (Wildman–Crippen MR) is 54.6 cm³/mol. The summed E-state index contributed by atoms with van der Waals surface area (Å²) in [5.74, 6) is 0. The fourth-order valence-electron chi connectivity index (χ4n) is 1.41. The molecule has 1 N–H and O–H groups in total. The molecule has 16 heavy (non-hydrogen) atoms. The van der Waals surface area contributed by atoms with Gasteiger partial charge in [0.2, 0.25) is 5.43 Å². The maximum absolute atomic E-state index is 12.5. The monoisotopic (exact) mass is 247 g/mol. The van der Waals surface area contributed by atoms with Crippen LogP contribution in [0.5, 0.6) is 0 Å². The van der Waals surface area contributed by atoms with Crippen molar-refractivity contribution in [1.82, 2.24) is 4.98 Å². The first kappa shape index (κ1) is 11.0. The molecule has 0 fully saturated rings. The lowest BCUT2D eigenvalue weighted by molar-refractivity contribution is -0.140. The number of H-pyrrole nitrogens is 1. The average Bonchev–Trinajstić information content (AvgIpc) is 2.22. The summed E-state index contributed by atoms with van der Waals surface area (Å²) in [7, 11) is 0. The van der Waals surface area contributed by atoms with Crippen LogP contribution in [0.2, 0.25) is 5.02 Å². The highest BCUT2D eigenvalue weighted by Gasteiger charge is 2.35. The van der Waals surface area contributed by atoms with E-state index >= 15 is 0 Å². The lowest BCUT2D eigenvalue weighted by Gasteiger charge is -2.09. The highest BCUT2D eigenvalue weighted by atomic mass is 35.5. The molecule has 0 amide bonds. The highest BCUT2D eigenvalue weighted by Crippen LogP contribution is 2.32. The van der Waals surface area contributed by atoms with Crippen LogP contribution in [0.15, 0.2) is 29.1 Å². The van der Waals surface area contributed by atoms with Crippen molar-refractivity contribution >= 4 is 22.5 Å². The van der Waals surface area contributed by atoms with Crippen LogP contribution in [0.3, 0.4) is 0 Å². The number of pyridine rings is 1. The molecule has 0 spiro atoms. The second kappa shape index (κ2) is 3.52. The Hall–Kier alpha value is -1.49. The summed E-state index contributed by atoms with van der Waals surface area (Å²) in [5, 5.41) is -0.688. The Balaban J connectivity index is 2.90. The van der Waals surface area contributed by atoms with Gasteiger partial charge in [-0.05, 0) is 12.1 Å². The van der Waals surface area contributed by atoms with Crippen LogP contribution in [0, 0.1) is 0 Å². The lowest BCUT2D eigenvalue weighted by atomic mass is 10.2. The minimum absolute atomic E-state index is 0.115. The zero-order valence-corrected chi connectivity index (χ0v) is 8.49. The van der Waals surface area contributed by atoms with Crippen molar-refractivity contribution in [2.45, 2.75) is 6.18 Å². The van der Waals surface area contributed by atoms with Crippen molar-refractivity contribution in [3.8, 4) is 0 Å². The summed E-state index contributed by atoms with van der Waals surface area (Å²) in [4.78, 5) is 13.7. The van der Waals surface area contributed by atoms with E-state index in [0.29, 0.717) is 0 Å². The summed E-state index contributed by atoms with van der Waals surface area (Å²) >= 11 is 5.39. The van der Waals surface area contributed by atoms with E-state index in [0.717, 1.165) is 0 Å². The molecule has 0 aliphatic heterocycles. The minimum atomic E-state index is -4.67. The molecule has 0 bridgehead atoms. The van der Waals surface area contributed by atoms with Crippen LogP contribution in [0.25, 0.3) is 10.9 Å². The number of aromatic amines is 1. The second-order valence-electron chi connectivity index (χ2n) is 3.19. The van der Waals surface area contributed by atoms with Gasteiger partial charge in [0.15, 0.2) is 0 Å². The number of para-hydroxylation sites is 1. The quantitative estimate of drug-likeness (QED) is 0.762. The Morgan fingerprint density at radius 1 is 1.19 bits per heavy atom. The van der Waals surface area contributed by atoms with Gasteiger partial charge >= 0.3 is 6.18 Å². The Morgan fingerprint density at radius 3 is 2.44 bits per heavy atom. The molecule has 0 radical (unpaired) electrons. The molecule has 0 saturated carbocycles. The molecular weight excluding hydrogens is 243 g/mol. The molecule has 0 aliphatic rings. The third-order valence-electron chi connectivity index (χ3n) is 2.13. The number of hydrogen-bond donors (Lipinski definition) is 1. The van der Waals surface area contributed by atoms with Gasteiger partial charge in [-0.15, -0.1) is 0 Å². The molecule has 1 aromatic carbocycles. The molecule has 2 aromatic rings. The molecule has 2 nitrogen and oxygen atoms in total. The maximum atomic E-state index is 12.5. The van der Waals surface area contributed by atoms with Gasteiger partial charge in [-0.3, -0.25) is 4.79 Å². The molecule has 6 heteroatoms. The molecule has 1 aromatic heterocycles. The Morgan fingerprint density at radius 2 is 1.81 bits per heavy atom. The van der Waals surface area contributed by atoms with Gasteiger partial charge < -0.3 is 4.98 Å². The zero-order chi connectivity index (χ0) is 11.9. The van der Waals surface area contributed by atoms with Gasteiger partial charge in [-0.1, -0.05) is 23.7 Å². The number of alkyl halides is 3. The van der Waals surface area contributed by atoms with Crippen LogP contribution < -0.4 is 5.43 Å². The topological polar surface area (TPSA) is 32.9 Å². The van der Waals surface area contributed by atoms with Crippen molar-refractivity contribution < 1.29 is 13.2 Å². The fourth-order valence-corrected chi connectivity index (χ4v) is 1.66. The molecule has 0 saturated heterocycles. The molecule has 84 valence electrons. The van der Waals surface area contributed by atoms with Gasteiger partial charge in [0.25, 0.3) is 0 Å². The predicted octanol–water partition coefficient (Wildman–Crippen LogP) is 3.20. The normalized spacial score (nSPS) is 12.0. The van der Waals surface area contributed by atoms with Crippen molar-refractivity contribution in [1.29, 1.82) is 0 Å². The number of fused-ring (bicyclic) bond motifs is 1. The first-order chi connectivity index (χ1) is 7.41. The second-order valence-corrected chi connectivity index (χ2v) is 3.56. The molecule has 2 rings (SSSR count). The van der Waals surface area contributed by atoms with Crippen molar-refractivity contribution in [2.75, 3.05) is 0 Å². The molecule has 0 aliphatic carbocycles. The number of hydrogen-bond acceptors (Lipinski definition) is 1. The van der Waals surface area contributed by atoms with Crippen molar-refractivity contribution in [2.24, 2.45) is 0 Å². The van der Waals surface area contributed by atoms with E-state index in [1.54, 1.807) is 6.07 Å².